The molecule has 0 rings (SSSR count). The van der Waals surface area contributed by atoms with E-state index in [0.29, 0.717) is 24.1 Å². The third-order valence-corrected chi connectivity index (χ3v) is 7.98. The lowest BCUT2D eigenvalue weighted by Gasteiger charge is -2.24. The van der Waals surface area contributed by atoms with Gasteiger partial charge in [-0.05, 0) is 38.5 Å². The minimum absolute atomic E-state index is 0.0872. The Kier molecular flexibility index (Phi) is 27.8. The van der Waals surface area contributed by atoms with E-state index in [1.54, 1.807) is 0 Å². The summed E-state index contributed by atoms with van der Waals surface area (Å²) < 4.78 is 34.6. The zero-order valence-electron chi connectivity index (χ0n) is 28.4. The molecule has 0 saturated carbocycles. The molecule has 8 nitrogen and oxygen atoms in total. The summed E-state index contributed by atoms with van der Waals surface area (Å²) in [5, 5.41) is 0. The van der Waals surface area contributed by atoms with E-state index < -0.39 is 13.9 Å². The number of ether oxygens (including phenoxy) is 2. The fourth-order valence-corrected chi connectivity index (χ4v) is 5.04. The van der Waals surface area contributed by atoms with Crippen LogP contribution in [0.5, 0.6) is 0 Å². The predicted octanol–water partition coefficient (Wildman–Crippen LogP) is 8.93. The van der Waals surface area contributed by atoms with E-state index in [1.165, 1.54) is 64.2 Å². The number of quaternary nitrogens is 1. The fourth-order valence-electron chi connectivity index (χ4n) is 4.29. The highest BCUT2D eigenvalue weighted by Crippen LogP contribution is 2.43. The van der Waals surface area contributed by atoms with Gasteiger partial charge in [0.05, 0.1) is 34.4 Å². The SMILES string of the molecule is CCC/C=C\C/C=C\CCCCCCCCOCC(COP(=O)(O)OCC[N+](C)(C)C)OC(=O)CCCCCCCCC. The van der Waals surface area contributed by atoms with Crippen molar-refractivity contribution in [3.05, 3.63) is 24.3 Å². The average molecular weight is 633 g/mol. The second-order valence-electron chi connectivity index (χ2n) is 12.5. The van der Waals surface area contributed by atoms with Gasteiger partial charge in [-0.3, -0.25) is 13.8 Å². The highest BCUT2D eigenvalue weighted by atomic mass is 31.2. The molecular formula is C34H67NO7P+. The van der Waals surface area contributed by atoms with E-state index in [0.717, 1.165) is 44.9 Å². The predicted molar refractivity (Wildman–Crippen MR) is 178 cm³/mol. The molecule has 0 aliphatic heterocycles. The van der Waals surface area contributed by atoms with Crippen molar-refractivity contribution in [3.8, 4) is 0 Å². The third-order valence-electron chi connectivity index (χ3n) is 7.00. The number of phosphoric ester groups is 1. The monoisotopic (exact) mass is 632 g/mol. The molecule has 0 aromatic heterocycles. The maximum absolute atomic E-state index is 12.5. The maximum atomic E-state index is 12.5. The van der Waals surface area contributed by atoms with Crippen LogP contribution in [0.1, 0.15) is 129 Å². The zero-order chi connectivity index (χ0) is 32.1. The van der Waals surface area contributed by atoms with Crippen LogP contribution in [0.4, 0.5) is 0 Å². The number of nitrogens with zero attached hydrogens (tertiary/aromatic N) is 1. The first-order valence-electron chi connectivity index (χ1n) is 17.1. The van der Waals surface area contributed by atoms with E-state index in [-0.39, 0.29) is 25.8 Å². The molecule has 0 saturated heterocycles. The van der Waals surface area contributed by atoms with Gasteiger partial charge in [-0.2, -0.15) is 0 Å². The molecule has 254 valence electrons. The quantitative estimate of drug-likeness (QED) is 0.0268. The number of phosphoric acid groups is 1. The van der Waals surface area contributed by atoms with Crippen molar-refractivity contribution in [1.29, 1.82) is 0 Å². The lowest BCUT2D eigenvalue weighted by Crippen LogP contribution is -2.37. The molecule has 0 bridgehead atoms. The Labute approximate surface area is 264 Å². The number of hydrogen-bond acceptors (Lipinski definition) is 6. The summed E-state index contributed by atoms with van der Waals surface area (Å²) in [6, 6.07) is 0. The van der Waals surface area contributed by atoms with Gasteiger partial charge in [0.15, 0.2) is 0 Å². The Hall–Kier alpha value is -1.02. The van der Waals surface area contributed by atoms with E-state index in [1.807, 2.05) is 21.1 Å². The molecule has 9 heteroatoms. The summed E-state index contributed by atoms with van der Waals surface area (Å²) in [4.78, 5) is 22.5. The number of unbranched alkanes of at least 4 members (excludes halogenated alkanes) is 13. The van der Waals surface area contributed by atoms with Crippen LogP contribution >= 0.6 is 7.82 Å². The first-order chi connectivity index (χ1) is 20.6. The summed E-state index contributed by atoms with van der Waals surface area (Å²) in [5.41, 5.74) is 0. The van der Waals surface area contributed by atoms with Crippen LogP contribution in [0.15, 0.2) is 24.3 Å². The van der Waals surface area contributed by atoms with E-state index >= 15 is 0 Å². The molecule has 0 amide bonds. The van der Waals surface area contributed by atoms with Gasteiger partial charge in [0.2, 0.25) is 0 Å². The van der Waals surface area contributed by atoms with Crippen LogP contribution in [0.25, 0.3) is 0 Å². The molecule has 0 aliphatic carbocycles. The van der Waals surface area contributed by atoms with Crippen molar-refractivity contribution in [2.75, 3.05) is 54.1 Å². The highest BCUT2D eigenvalue weighted by molar-refractivity contribution is 7.47. The Morgan fingerprint density at radius 2 is 1.33 bits per heavy atom. The molecule has 0 aromatic rings. The maximum Gasteiger partial charge on any atom is 0.472 e. The Balaban J connectivity index is 4.30. The van der Waals surface area contributed by atoms with Crippen molar-refractivity contribution in [2.45, 2.75) is 136 Å². The molecule has 0 fully saturated rings. The number of carbonyl (C=O) groups excluding carboxylic acids is 1. The third kappa shape index (κ3) is 32.2. The minimum atomic E-state index is -4.26. The van der Waals surface area contributed by atoms with Crippen LogP contribution in [-0.4, -0.2) is 75.6 Å². The molecule has 0 spiro atoms. The van der Waals surface area contributed by atoms with Crippen LogP contribution in [0.3, 0.4) is 0 Å². The van der Waals surface area contributed by atoms with Gasteiger partial charge in [0, 0.05) is 13.0 Å². The Morgan fingerprint density at radius 3 is 1.98 bits per heavy atom. The molecule has 2 atom stereocenters. The first-order valence-corrected chi connectivity index (χ1v) is 18.6. The van der Waals surface area contributed by atoms with Gasteiger partial charge < -0.3 is 18.9 Å². The van der Waals surface area contributed by atoms with Gasteiger partial charge >= 0.3 is 13.8 Å². The van der Waals surface area contributed by atoms with Crippen molar-refractivity contribution in [2.24, 2.45) is 0 Å². The first kappa shape index (κ1) is 42.0. The smallest absolute Gasteiger partial charge is 0.457 e. The molecule has 1 N–H and O–H groups in total. The van der Waals surface area contributed by atoms with Crippen LogP contribution in [0, 0.1) is 0 Å². The topological polar surface area (TPSA) is 91.3 Å². The van der Waals surface area contributed by atoms with Crippen molar-refractivity contribution >= 4 is 13.8 Å². The number of esters is 1. The lowest BCUT2D eigenvalue weighted by atomic mass is 10.1. The molecule has 0 aromatic carbocycles. The summed E-state index contributed by atoms with van der Waals surface area (Å²) in [6.45, 7) is 5.47. The van der Waals surface area contributed by atoms with Crippen LogP contribution in [0.2, 0.25) is 0 Å². The highest BCUT2D eigenvalue weighted by Gasteiger charge is 2.26. The van der Waals surface area contributed by atoms with Crippen molar-refractivity contribution in [3.63, 3.8) is 0 Å². The minimum Gasteiger partial charge on any atom is -0.457 e. The van der Waals surface area contributed by atoms with E-state index in [9.17, 15) is 14.3 Å². The number of rotatable bonds is 31. The summed E-state index contributed by atoms with van der Waals surface area (Å²) in [7, 11) is 1.66. The molecule has 0 aliphatic rings. The van der Waals surface area contributed by atoms with E-state index in [2.05, 4.69) is 38.2 Å². The molecular weight excluding hydrogens is 565 g/mol. The largest absolute Gasteiger partial charge is 0.472 e. The van der Waals surface area contributed by atoms with Gasteiger partial charge in [0.1, 0.15) is 19.3 Å². The lowest BCUT2D eigenvalue weighted by molar-refractivity contribution is -0.870. The second kappa shape index (κ2) is 28.5. The number of allylic oxidation sites excluding steroid dienone is 4. The summed E-state index contributed by atoms with van der Waals surface area (Å²) in [6.07, 6.45) is 27.8. The van der Waals surface area contributed by atoms with Crippen molar-refractivity contribution < 1.29 is 37.3 Å². The number of hydrogen-bond donors (Lipinski definition) is 1. The van der Waals surface area contributed by atoms with Gasteiger partial charge in [-0.15, -0.1) is 0 Å². The fraction of sp³-hybridized carbons (Fsp3) is 0.853. The molecule has 43 heavy (non-hydrogen) atoms. The Bertz CT molecular complexity index is 752. The zero-order valence-corrected chi connectivity index (χ0v) is 29.3. The normalized spacial score (nSPS) is 14.5. The van der Waals surface area contributed by atoms with Crippen LogP contribution < -0.4 is 0 Å². The molecule has 0 heterocycles. The second-order valence-corrected chi connectivity index (χ2v) is 14.0. The van der Waals surface area contributed by atoms with Gasteiger partial charge in [-0.25, -0.2) is 4.57 Å². The van der Waals surface area contributed by atoms with Crippen molar-refractivity contribution in [1.82, 2.24) is 0 Å². The van der Waals surface area contributed by atoms with E-state index in [4.69, 9.17) is 18.5 Å². The number of likely N-dealkylation sites (N-methyl/N-ethyl adjacent to an activating group) is 1. The van der Waals surface area contributed by atoms with Crippen LogP contribution in [-0.2, 0) is 27.9 Å². The summed E-state index contributed by atoms with van der Waals surface area (Å²) >= 11 is 0. The Morgan fingerprint density at radius 1 is 0.721 bits per heavy atom. The molecule has 0 radical (unpaired) electrons. The molecule has 2 unspecified atom stereocenters. The average Bonchev–Trinajstić information content (AvgIpc) is 2.94. The summed E-state index contributed by atoms with van der Waals surface area (Å²) in [5.74, 6) is -0.327. The van der Waals surface area contributed by atoms with Gasteiger partial charge in [-0.1, -0.05) is 109 Å². The standard InChI is InChI=1S/C34H66NO7P/c1-6-8-10-12-14-15-16-17-18-19-20-22-24-26-29-39-31-33(32-41-43(37,38)40-30-28-35(3,4)5)42-34(36)27-25-23-21-13-11-9-7-2/h10,12,15-16,33H,6-9,11,13-14,17-32H2,1-5H3/p+1/b12-10-,16-15-. The number of carbonyl (C=O) groups is 1. The van der Waals surface area contributed by atoms with Gasteiger partial charge in [0.25, 0.3) is 0 Å².